The van der Waals surface area contributed by atoms with Crippen LogP contribution in [0.2, 0.25) is 0 Å². The van der Waals surface area contributed by atoms with Gasteiger partial charge in [0.1, 0.15) is 11.3 Å². The predicted molar refractivity (Wildman–Crippen MR) is 74.9 cm³/mol. The number of rotatable bonds is 2. The summed E-state index contributed by atoms with van der Waals surface area (Å²) in [4.78, 5) is 23.3. The minimum Gasteiger partial charge on any atom is -0.478 e. The van der Waals surface area contributed by atoms with Crippen LogP contribution in [0.15, 0.2) is 63.8 Å². The molecule has 4 heteroatoms. The SMILES string of the molecule is O=C(O)c1ccccc1-c1cc(=O)c2ccccc2o1. The van der Waals surface area contributed by atoms with Gasteiger partial charge in [0.2, 0.25) is 0 Å². The van der Waals surface area contributed by atoms with Crippen LogP contribution in [0.5, 0.6) is 0 Å². The van der Waals surface area contributed by atoms with Gasteiger partial charge < -0.3 is 9.52 Å². The van der Waals surface area contributed by atoms with E-state index in [0.717, 1.165) is 0 Å². The van der Waals surface area contributed by atoms with E-state index < -0.39 is 5.97 Å². The molecule has 0 spiro atoms. The number of carboxylic acids is 1. The molecule has 0 amide bonds. The quantitative estimate of drug-likeness (QED) is 0.773. The summed E-state index contributed by atoms with van der Waals surface area (Å²) < 4.78 is 5.66. The fourth-order valence-electron chi connectivity index (χ4n) is 2.12. The lowest BCUT2D eigenvalue weighted by atomic mass is 10.0. The summed E-state index contributed by atoms with van der Waals surface area (Å²) in [5, 5.41) is 9.67. The van der Waals surface area contributed by atoms with Gasteiger partial charge in [-0.25, -0.2) is 4.79 Å². The van der Waals surface area contributed by atoms with Crippen molar-refractivity contribution in [3.05, 3.63) is 70.4 Å². The Bertz CT molecular complexity index is 861. The number of carbonyl (C=O) groups is 1. The topological polar surface area (TPSA) is 67.5 Å². The lowest BCUT2D eigenvalue weighted by Crippen LogP contribution is -2.03. The molecule has 98 valence electrons. The second-order valence-electron chi connectivity index (χ2n) is 4.32. The summed E-state index contributed by atoms with van der Waals surface area (Å²) in [5.41, 5.74) is 0.742. The van der Waals surface area contributed by atoms with Crippen LogP contribution in [-0.4, -0.2) is 11.1 Å². The molecule has 20 heavy (non-hydrogen) atoms. The Hall–Kier alpha value is -2.88. The summed E-state index contributed by atoms with van der Waals surface area (Å²) in [6, 6.07) is 14.6. The van der Waals surface area contributed by atoms with Crippen molar-refractivity contribution >= 4 is 16.9 Å². The largest absolute Gasteiger partial charge is 0.478 e. The van der Waals surface area contributed by atoms with Crippen LogP contribution < -0.4 is 5.43 Å². The van der Waals surface area contributed by atoms with E-state index in [4.69, 9.17) is 4.42 Å². The molecule has 0 fully saturated rings. The van der Waals surface area contributed by atoms with E-state index in [2.05, 4.69) is 0 Å². The zero-order valence-corrected chi connectivity index (χ0v) is 10.4. The average molecular weight is 266 g/mol. The molecule has 0 radical (unpaired) electrons. The molecular formula is C16H10O4. The minimum atomic E-state index is -1.06. The van der Waals surface area contributed by atoms with Crippen molar-refractivity contribution in [1.82, 2.24) is 0 Å². The highest BCUT2D eigenvalue weighted by molar-refractivity contribution is 5.95. The molecule has 2 aromatic carbocycles. The molecule has 0 saturated heterocycles. The minimum absolute atomic E-state index is 0.103. The Morgan fingerprint density at radius 2 is 1.70 bits per heavy atom. The van der Waals surface area contributed by atoms with E-state index in [0.29, 0.717) is 16.5 Å². The van der Waals surface area contributed by atoms with Gasteiger partial charge in [0.25, 0.3) is 0 Å². The molecule has 0 aliphatic heterocycles. The van der Waals surface area contributed by atoms with Crippen molar-refractivity contribution in [2.45, 2.75) is 0 Å². The maximum absolute atomic E-state index is 12.0. The maximum Gasteiger partial charge on any atom is 0.336 e. The standard InChI is InChI=1S/C16H10O4/c17-13-9-15(20-14-8-4-3-7-12(13)14)10-5-1-2-6-11(10)16(18)19/h1-9H,(H,18,19). The lowest BCUT2D eigenvalue weighted by molar-refractivity contribution is 0.0697. The van der Waals surface area contributed by atoms with E-state index in [-0.39, 0.29) is 16.8 Å². The molecule has 0 unspecified atom stereocenters. The molecule has 3 rings (SSSR count). The van der Waals surface area contributed by atoms with Crippen molar-refractivity contribution in [2.75, 3.05) is 0 Å². The summed E-state index contributed by atoms with van der Waals surface area (Å²) in [5.74, 6) is -0.803. The highest BCUT2D eigenvalue weighted by atomic mass is 16.4. The molecule has 4 nitrogen and oxygen atoms in total. The average Bonchev–Trinajstić information content (AvgIpc) is 2.47. The third-order valence-corrected chi connectivity index (χ3v) is 3.06. The van der Waals surface area contributed by atoms with Crippen LogP contribution in [0.4, 0.5) is 0 Å². The monoisotopic (exact) mass is 266 g/mol. The van der Waals surface area contributed by atoms with Gasteiger partial charge in [0.15, 0.2) is 5.43 Å². The Morgan fingerprint density at radius 1 is 1.00 bits per heavy atom. The van der Waals surface area contributed by atoms with Crippen LogP contribution >= 0.6 is 0 Å². The number of benzene rings is 2. The fourth-order valence-corrected chi connectivity index (χ4v) is 2.12. The number of carboxylic acid groups (broad SMARTS) is 1. The molecule has 0 aliphatic rings. The van der Waals surface area contributed by atoms with E-state index in [1.165, 1.54) is 12.1 Å². The van der Waals surface area contributed by atoms with E-state index in [1.54, 1.807) is 42.5 Å². The van der Waals surface area contributed by atoms with E-state index in [1.807, 2.05) is 0 Å². The molecule has 1 N–H and O–H groups in total. The third-order valence-electron chi connectivity index (χ3n) is 3.06. The zero-order chi connectivity index (χ0) is 14.1. The first-order valence-corrected chi connectivity index (χ1v) is 6.02. The number of fused-ring (bicyclic) bond motifs is 1. The van der Waals surface area contributed by atoms with Crippen molar-refractivity contribution in [3.63, 3.8) is 0 Å². The van der Waals surface area contributed by atoms with Gasteiger partial charge in [-0.15, -0.1) is 0 Å². The Balaban J connectivity index is 2.31. The van der Waals surface area contributed by atoms with E-state index in [9.17, 15) is 14.7 Å². The van der Waals surface area contributed by atoms with Crippen molar-refractivity contribution in [2.24, 2.45) is 0 Å². The molecule has 0 atom stereocenters. The normalized spacial score (nSPS) is 10.6. The second kappa shape index (κ2) is 4.66. The summed E-state index contributed by atoms with van der Waals surface area (Å²) >= 11 is 0. The fraction of sp³-hybridized carbons (Fsp3) is 0. The summed E-state index contributed by atoms with van der Waals surface area (Å²) in [6.45, 7) is 0. The van der Waals surface area contributed by atoms with Crippen LogP contribution in [0.1, 0.15) is 10.4 Å². The highest BCUT2D eigenvalue weighted by Crippen LogP contribution is 2.25. The Kier molecular flexibility index (Phi) is 2.84. The lowest BCUT2D eigenvalue weighted by Gasteiger charge is -2.06. The zero-order valence-electron chi connectivity index (χ0n) is 10.4. The van der Waals surface area contributed by atoms with Gasteiger partial charge in [0, 0.05) is 11.6 Å². The molecule has 1 aromatic heterocycles. The van der Waals surface area contributed by atoms with Gasteiger partial charge in [-0.1, -0.05) is 30.3 Å². The summed E-state index contributed by atoms with van der Waals surface area (Å²) in [7, 11) is 0. The van der Waals surface area contributed by atoms with Crippen molar-refractivity contribution < 1.29 is 14.3 Å². The molecule has 0 aliphatic carbocycles. The molecule has 0 saturated carbocycles. The molecular weight excluding hydrogens is 256 g/mol. The second-order valence-corrected chi connectivity index (χ2v) is 4.32. The molecule has 1 heterocycles. The molecule has 3 aromatic rings. The third kappa shape index (κ3) is 1.97. The van der Waals surface area contributed by atoms with Gasteiger partial charge >= 0.3 is 5.97 Å². The van der Waals surface area contributed by atoms with Crippen LogP contribution in [0, 0.1) is 0 Å². The van der Waals surface area contributed by atoms with Crippen LogP contribution in [0.25, 0.3) is 22.3 Å². The van der Waals surface area contributed by atoms with E-state index >= 15 is 0 Å². The first-order valence-electron chi connectivity index (χ1n) is 6.02. The maximum atomic E-state index is 12.0. The predicted octanol–water partition coefficient (Wildman–Crippen LogP) is 3.16. The smallest absolute Gasteiger partial charge is 0.336 e. The number of hydrogen-bond donors (Lipinski definition) is 1. The van der Waals surface area contributed by atoms with Crippen LogP contribution in [0.3, 0.4) is 0 Å². The summed E-state index contributed by atoms with van der Waals surface area (Å²) in [6.07, 6.45) is 0. The Morgan fingerprint density at radius 3 is 2.50 bits per heavy atom. The van der Waals surface area contributed by atoms with Gasteiger partial charge in [-0.05, 0) is 18.2 Å². The number of aromatic carboxylic acids is 1. The first kappa shape index (κ1) is 12.2. The number of para-hydroxylation sites is 1. The van der Waals surface area contributed by atoms with Gasteiger partial charge in [-0.2, -0.15) is 0 Å². The highest BCUT2D eigenvalue weighted by Gasteiger charge is 2.14. The molecule has 0 bridgehead atoms. The van der Waals surface area contributed by atoms with Crippen LogP contribution in [-0.2, 0) is 0 Å². The first-order chi connectivity index (χ1) is 9.66. The van der Waals surface area contributed by atoms with Crippen molar-refractivity contribution in [3.8, 4) is 11.3 Å². The van der Waals surface area contributed by atoms with Gasteiger partial charge in [0.05, 0.1) is 10.9 Å². The Labute approximate surface area is 113 Å². The number of hydrogen-bond acceptors (Lipinski definition) is 3. The van der Waals surface area contributed by atoms with Crippen molar-refractivity contribution in [1.29, 1.82) is 0 Å². The van der Waals surface area contributed by atoms with Gasteiger partial charge in [-0.3, -0.25) is 4.79 Å².